The van der Waals surface area contributed by atoms with Gasteiger partial charge in [0.05, 0.1) is 5.71 Å². The van der Waals surface area contributed by atoms with E-state index in [1.54, 1.807) is 19.5 Å². The van der Waals surface area contributed by atoms with Crippen molar-refractivity contribution in [1.82, 2.24) is 4.98 Å². The zero-order chi connectivity index (χ0) is 10.4. The Bertz CT molecular complexity index is 342. The van der Waals surface area contributed by atoms with Gasteiger partial charge in [-0.2, -0.15) is 0 Å². The molecular formula is C11H14N2O. The summed E-state index contributed by atoms with van der Waals surface area (Å²) in [6.07, 6.45) is 5.57. The lowest BCUT2D eigenvalue weighted by Crippen LogP contribution is -1.93. The van der Waals surface area contributed by atoms with Gasteiger partial charge in [0.25, 0.3) is 0 Å². The van der Waals surface area contributed by atoms with Crippen molar-refractivity contribution in [2.24, 2.45) is 5.16 Å². The fraction of sp³-hybridized carbons (Fsp3) is 0.273. The summed E-state index contributed by atoms with van der Waals surface area (Å²) in [5.74, 6) is 0. The maximum absolute atomic E-state index is 4.70. The van der Waals surface area contributed by atoms with E-state index in [9.17, 15) is 0 Å². The number of hydrogen-bond acceptors (Lipinski definition) is 3. The summed E-state index contributed by atoms with van der Waals surface area (Å²) in [5, 5.41) is 3.85. The molecule has 0 saturated carbocycles. The van der Waals surface area contributed by atoms with Crippen molar-refractivity contribution in [1.29, 1.82) is 0 Å². The second-order valence-electron chi connectivity index (χ2n) is 2.97. The SMILES string of the molecule is CO/N=C(C)/C(C)=C/c1ccncc1. The molecule has 0 unspecified atom stereocenters. The molecule has 1 heterocycles. The van der Waals surface area contributed by atoms with E-state index >= 15 is 0 Å². The van der Waals surface area contributed by atoms with Crippen molar-refractivity contribution in [2.45, 2.75) is 13.8 Å². The van der Waals surface area contributed by atoms with E-state index in [4.69, 9.17) is 4.84 Å². The van der Waals surface area contributed by atoms with Crippen LogP contribution in [0.25, 0.3) is 6.08 Å². The van der Waals surface area contributed by atoms with Gasteiger partial charge in [-0.25, -0.2) is 0 Å². The highest BCUT2D eigenvalue weighted by Gasteiger charge is 1.95. The van der Waals surface area contributed by atoms with Crippen LogP contribution in [-0.4, -0.2) is 17.8 Å². The number of allylic oxidation sites excluding steroid dienone is 1. The van der Waals surface area contributed by atoms with Gasteiger partial charge in [-0.3, -0.25) is 4.98 Å². The van der Waals surface area contributed by atoms with Crippen LogP contribution in [0.2, 0.25) is 0 Å². The number of hydrogen-bond donors (Lipinski definition) is 0. The van der Waals surface area contributed by atoms with Gasteiger partial charge in [0.15, 0.2) is 0 Å². The second-order valence-corrected chi connectivity index (χ2v) is 2.97. The third-order valence-corrected chi connectivity index (χ3v) is 1.89. The summed E-state index contributed by atoms with van der Waals surface area (Å²) >= 11 is 0. The Labute approximate surface area is 84.1 Å². The van der Waals surface area contributed by atoms with Gasteiger partial charge < -0.3 is 4.84 Å². The van der Waals surface area contributed by atoms with Gasteiger partial charge in [0.1, 0.15) is 7.11 Å². The Morgan fingerprint density at radius 2 is 2.00 bits per heavy atom. The van der Waals surface area contributed by atoms with Gasteiger partial charge in [0.2, 0.25) is 0 Å². The maximum Gasteiger partial charge on any atom is 0.106 e. The van der Waals surface area contributed by atoms with Crippen LogP contribution >= 0.6 is 0 Å². The number of pyridine rings is 1. The van der Waals surface area contributed by atoms with Gasteiger partial charge in [0, 0.05) is 12.4 Å². The summed E-state index contributed by atoms with van der Waals surface area (Å²) in [5.41, 5.74) is 3.07. The van der Waals surface area contributed by atoms with Crippen LogP contribution in [0.5, 0.6) is 0 Å². The molecule has 0 radical (unpaired) electrons. The number of nitrogens with zero attached hydrogens (tertiary/aromatic N) is 2. The molecule has 0 spiro atoms. The predicted octanol–water partition coefficient (Wildman–Crippen LogP) is 2.51. The molecule has 0 aliphatic carbocycles. The Morgan fingerprint density at radius 1 is 1.36 bits per heavy atom. The van der Waals surface area contributed by atoms with Gasteiger partial charge in [-0.15, -0.1) is 0 Å². The van der Waals surface area contributed by atoms with Crippen LogP contribution in [0.3, 0.4) is 0 Å². The maximum atomic E-state index is 4.70. The number of rotatable bonds is 3. The minimum absolute atomic E-state index is 0.879. The summed E-state index contributed by atoms with van der Waals surface area (Å²) in [6.45, 7) is 3.91. The van der Waals surface area contributed by atoms with Crippen LogP contribution in [-0.2, 0) is 4.84 Å². The first-order valence-electron chi connectivity index (χ1n) is 4.40. The van der Waals surface area contributed by atoms with Crippen LogP contribution in [0.15, 0.2) is 35.3 Å². The molecule has 74 valence electrons. The molecule has 0 bridgehead atoms. The molecule has 3 heteroatoms. The molecule has 3 nitrogen and oxygen atoms in total. The molecule has 0 aliphatic heterocycles. The molecule has 14 heavy (non-hydrogen) atoms. The quantitative estimate of drug-likeness (QED) is 0.542. The number of oxime groups is 1. The molecular weight excluding hydrogens is 176 g/mol. The van der Waals surface area contributed by atoms with Crippen molar-refractivity contribution >= 4 is 11.8 Å². The van der Waals surface area contributed by atoms with Crippen molar-refractivity contribution < 1.29 is 4.84 Å². The lowest BCUT2D eigenvalue weighted by atomic mass is 10.1. The topological polar surface area (TPSA) is 34.5 Å². The van der Waals surface area contributed by atoms with Crippen molar-refractivity contribution in [3.8, 4) is 0 Å². The molecule has 0 aromatic carbocycles. The van der Waals surface area contributed by atoms with E-state index in [1.807, 2.05) is 32.1 Å². The average molecular weight is 190 g/mol. The summed E-state index contributed by atoms with van der Waals surface area (Å²) in [6, 6.07) is 3.90. The van der Waals surface area contributed by atoms with E-state index in [0.717, 1.165) is 16.8 Å². The van der Waals surface area contributed by atoms with E-state index in [2.05, 4.69) is 10.1 Å². The first-order valence-corrected chi connectivity index (χ1v) is 4.40. The van der Waals surface area contributed by atoms with Gasteiger partial charge in [-0.1, -0.05) is 11.2 Å². The fourth-order valence-corrected chi connectivity index (χ4v) is 1.02. The van der Waals surface area contributed by atoms with Gasteiger partial charge >= 0.3 is 0 Å². The molecule has 0 aliphatic rings. The van der Waals surface area contributed by atoms with Crippen LogP contribution < -0.4 is 0 Å². The predicted molar refractivity (Wildman–Crippen MR) is 58.0 cm³/mol. The minimum atomic E-state index is 0.879. The lowest BCUT2D eigenvalue weighted by Gasteiger charge is -1.99. The van der Waals surface area contributed by atoms with Crippen molar-refractivity contribution in [2.75, 3.05) is 7.11 Å². The minimum Gasteiger partial charge on any atom is -0.399 e. The Balaban J connectivity index is 2.84. The first kappa shape index (κ1) is 10.4. The smallest absolute Gasteiger partial charge is 0.106 e. The second kappa shape index (κ2) is 5.17. The normalized spacial score (nSPS) is 12.8. The van der Waals surface area contributed by atoms with Crippen LogP contribution in [0, 0.1) is 0 Å². The Hall–Kier alpha value is -1.64. The van der Waals surface area contributed by atoms with Gasteiger partial charge in [-0.05, 0) is 37.1 Å². The zero-order valence-electron chi connectivity index (χ0n) is 8.69. The molecule has 0 saturated heterocycles. The van der Waals surface area contributed by atoms with Crippen LogP contribution in [0.4, 0.5) is 0 Å². The van der Waals surface area contributed by atoms with E-state index in [-0.39, 0.29) is 0 Å². The largest absolute Gasteiger partial charge is 0.399 e. The van der Waals surface area contributed by atoms with E-state index in [0.29, 0.717) is 0 Å². The highest BCUT2D eigenvalue weighted by Crippen LogP contribution is 2.06. The highest BCUT2D eigenvalue weighted by atomic mass is 16.6. The average Bonchev–Trinajstić information content (AvgIpc) is 2.19. The monoisotopic (exact) mass is 190 g/mol. The Morgan fingerprint density at radius 3 is 2.57 bits per heavy atom. The molecule has 0 N–H and O–H groups in total. The lowest BCUT2D eigenvalue weighted by molar-refractivity contribution is 0.213. The van der Waals surface area contributed by atoms with E-state index in [1.165, 1.54) is 0 Å². The first-order chi connectivity index (χ1) is 6.74. The van der Waals surface area contributed by atoms with Crippen molar-refractivity contribution in [3.05, 3.63) is 35.7 Å². The molecule has 0 fully saturated rings. The zero-order valence-corrected chi connectivity index (χ0v) is 8.69. The van der Waals surface area contributed by atoms with Crippen molar-refractivity contribution in [3.63, 3.8) is 0 Å². The summed E-state index contributed by atoms with van der Waals surface area (Å²) in [4.78, 5) is 8.65. The summed E-state index contributed by atoms with van der Waals surface area (Å²) in [7, 11) is 1.54. The molecule has 0 atom stereocenters. The standard InChI is InChI=1S/C11H14N2O/c1-9(10(2)13-14-3)8-11-4-6-12-7-5-11/h4-8H,1-3H3/b9-8+,13-10+. The third kappa shape index (κ3) is 3.01. The number of aromatic nitrogens is 1. The van der Waals surface area contributed by atoms with Crippen LogP contribution in [0.1, 0.15) is 19.4 Å². The highest BCUT2D eigenvalue weighted by molar-refractivity contribution is 6.01. The third-order valence-electron chi connectivity index (χ3n) is 1.89. The Kier molecular flexibility index (Phi) is 3.85. The molecule has 1 aromatic rings. The molecule has 0 amide bonds. The fourth-order valence-electron chi connectivity index (χ4n) is 1.02. The van der Waals surface area contributed by atoms with E-state index < -0.39 is 0 Å². The summed E-state index contributed by atoms with van der Waals surface area (Å²) < 4.78 is 0. The molecule has 1 rings (SSSR count). The molecule has 1 aromatic heterocycles.